The first-order chi connectivity index (χ1) is 8.63. The topological polar surface area (TPSA) is 26.3 Å². The lowest BCUT2D eigenvalue weighted by Crippen LogP contribution is -2.02. The molecule has 0 saturated carbocycles. The number of rotatable bonds is 9. The number of ether oxygens (including phenoxy) is 1. The van der Waals surface area contributed by atoms with Crippen molar-refractivity contribution >= 4 is 5.97 Å². The molecule has 0 rings (SSSR count). The first-order valence-corrected chi connectivity index (χ1v) is 7.05. The largest absolute Gasteiger partial charge is 0.466 e. The molecule has 0 aliphatic heterocycles. The number of hydrogen-bond acceptors (Lipinski definition) is 2. The summed E-state index contributed by atoms with van der Waals surface area (Å²) in [5.41, 5.74) is 1.68. The van der Waals surface area contributed by atoms with Crippen molar-refractivity contribution in [3.63, 3.8) is 0 Å². The fourth-order valence-corrected chi connectivity index (χ4v) is 1.74. The van der Waals surface area contributed by atoms with Gasteiger partial charge in [0.05, 0.1) is 7.11 Å². The van der Waals surface area contributed by atoms with Crippen molar-refractivity contribution in [3.05, 3.63) is 23.3 Å². The smallest absolute Gasteiger partial charge is 0.333 e. The normalized spacial score (nSPS) is 12.7. The Kier molecular flexibility index (Phi) is 10.4. The van der Waals surface area contributed by atoms with Gasteiger partial charge in [-0.15, -0.1) is 0 Å². The Labute approximate surface area is 112 Å². The summed E-state index contributed by atoms with van der Waals surface area (Å²) in [6.45, 7) is 5.99. The predicted octanol–water partition coefficient (Wildman–Crippen LogP) is 4.80. The molecular weight excluding hydrogens is 224 g/mol. The van der Waals surface area contributed by atoms with Gasteiger partial charge in [-0.05, 0) is 32.3 Å². The molecule has 0 radical (unpaired) electrons. The lowest BCUT2D eigenvalue weighted by Gasteiger charge is -2.01. The molecule has 0 unspecified atom stereocenters. The Hall–Kier alpha value is -1.05. The molecule has 0 bridgehead atoms. The minimum absolute atomic E-state index is 0.239. The second-order valence-corrected chi connectivity index (χ2v) is 4.76. The highest BCUT2D eigenvalue weighted by Crippen LogP contribution is 2.10. The van der Waals surface area contributed by atoms with Crippen LogP contribution >= 0.6 is 0 Å². The predicted molar refractivity (Wildman–Crippen MR) is 77.5 cm³/mol. The van der Waals surface area contributed by atoms with Crippen LogP contribution < -0.4 is 0 Å². The van der Waals surface area contributed by atoms with Crippen LogP contribution in [0.5, 0.6) is 0 Å². The van der Waals surface area contributed by atoms with Crippen molar-refractivity contribution in [1.82, 2.24) is 0 Å². The standard InChI is InChI=1S/C16H28O2/c1-5-6-7-8-9-10-11-12-13-14(2)15(3)16(17)18-4/h12-13H,5-11H2,1-4H3. The molecule has 0 N–H and O–H groups in total. The van der Waals surface area contributed by atoms with Crippen LogP contribution in [0.2, 0.25) is 0 Å². The molecule has 0 saturated heterocycles. The van der Waals surface area contributed by atoms with E-state index < -0.39 is 0 Å². The SMILES string of the molecule is CCCCCCCCC=CC(C)=C(C)C(=O)OC. The number of esters is 1. The van der Waals surface area contributed by atoms with E-state index in [-0.39, 0.29) is 5.97 Å². The Bertz CT molecular complexity index is 287. The van der Waals surface area contributed by atoms with Crippen LogP contribution in [-0.4, -0.2) is 13.1 Å². The maximum absolute atomic E-state index is 11.3. The third-order valence-electron chi connectivity index (χ3n) is 3.18. The van der Waals surface area contributed by atoms with E-state index in [1.807, 2.05) is 13.0 Å². The van der Waals surface area contributed by atoms with Crippen LogP contribution in [0.4, 0.5) is 0 Å². The molecule has 104 valence electrons. The molecule has 0 aliphatic carbocycles. The number of unbranched alkanes of at least 4 members (excludes halogenated alkanes) is 6. The second-order valence-electron chi connectivity index (χ2n) is 4.76. The lowest BCUT2D eigenvalue weighted by atomic mass is 10.1. The van der Waals surface area contributed by atoms with Gasteiger partial charge in [-0.1, -0.05) is 51.2 Å². The molecule has 0 atom stereocenters. The van der Waals surface area contributed by atoms with Crippen LogP contribution in [0, 0.1) is 0 Å². The summed E-state index contributed by atoms with van der Waals surface area (Å²) < 4.78 is 4.68. The van der Waals surface area contributed by atoms with Gasteiger partial charge in [-0.25, -0.2) is 4.79 Å². The van der Waals surface area contributed by atoms with Crippen molar-refractivity contribution in [2.24, 2.45) is 0 Å². The summed E-state index contributed by atoms with van der Waals surface area (Å²) in [4.78, 5) is 11.3. The van der Waals surface area contributed by atoms with Gasteiger partial charge in [0.15, 0.2) is 0 Å². The van der Waals surface area contributed by atoms with Crippen molar-refractivity contribution < 1.29 is 9.53 Å². The second kappa shape index (κ2) is 11.1. The Balaban J connectivity index is 3.79. The van der Waals surface area contributed by atoms with Crippen LogP contribution in [-0.2, 0) is 9.53 Å². The van der Waals surface area contributed by atoms with E-state index in [1.165, 1.54) is 45.6 Å². The van der Waals surface area contributed by atoms with Crippen LogP contribution in [0.1, 0.15) is 65.7 Å². The zero-order chi connectivity index (χ0) is 13.8. The average Bonchev–Trinajstić information content (AvgIpc) is 2.39. The van der Waals surface area contributed by atoms with E-state index in [2.05, 4.69) is 17.7 Å². The van der Waals surface area contributed by atoms with E-state index in [0.717, 1.165) is 12.0 Å². The summed E-state index contributed by atoms with van der Waals surface area (Å²) >= 11 is 0. The molecule has 2 nitrogen and oxygen atoms in total. The highest BCUT2D eigenvalue weighted by Gasteiger charge is 2.04. The van der Waals surface area contributed by atoms with Crippen molar-refractivity contribution in [2.75, 3.05) is 7.11 Å². The van der Waals surface area contributed by atoms with Gasteiger partial charge in [0, 0.05) is 5.57 Å². The van der Waals surface area contributed by atoms with Gasteiger partial charge in [-0.2, -0.15) is 0 Å². The third-order valence-corrected chi connectivity index (χ3v) is 3.18. The molecule has 0 fully saturated rings. The number of hydrogen-bond donors (Lipinski definition) is 0. The van der Waals surface area contributed by atoms with Gasteiger partial charge in [0.1, 0.15) is 0 Å². The monoisotopic (exact) mass is 252 g/mol. The molecule has 0 heterocycles. The molecule has 0 aromatic heterocycles. The van der Waals surface area contributed by atoms with Gasteiger partial charge >= 0.3 is 5.97 Å². The minimum Gasteiger partial charge on any atom is -0.466 e. The molecule has 18 heavy (non-hydrogen) atoms. The summed E-state index contributed by atoms with van der Waals surface area (Å²) in [6.07, 6.45) is 13.2. The van der Waals surface area contributed by atoms with Crippen molar-refractivity contribution in [2.45, 2.75) is 65.7 Å². The first kappa shape index (κ1) is 16.9. The average molecular weight is 252 g/mol. The fourth-order valence-electron chi connectivity index (χ4n) is 1.74. The highest BCUT2D eigenvalue weighted by atomic mass is 16.5. The van der Waals surface area contributed by atoms with E-state index in [4.69, 9.17) is 0 Å². The van der Waals surface area contributed by atoms with Crippen molar-refractivity contribution in [1.29, 1.82) is 0 Å². The number of methoxy groups -OCH3 is 1. The third kappa shape index (κ3) is 8.10. The minimum atomic E-state index is -0.239. The summed E-state index contributed by atoms with van der Waals surface area (Å²) in [5, 5.41) is 0. The van der Waals surface area contributed by atoms with Crippen molar-refractivity contribution in [3.8, 4) is 0 Å². The zero-order valence-electron chi connectivity index (χ0n) is 12.4. The Morgan fingerprint density at radius 3 is 2.28 bits per heavy atom. The number of allylic oxidation sites excluding steroid dienone is 3. The number of carbonyl (C=O) groups excluding carboxylic acids is 1. The maximum atomic E-state index is 11.3. The van der Waals surface area contributed by atoms with Gasteiger partial charge in [0.25, 0.3) is 0 Å². The summed E-state index contributed by atoms with van der Waals surface area (Å²) in [5.74, 6) is -0.239. The quantitative estimate of drug-likeness (QED) is 0.255. The molecule has 2 heteroatoms. The maximum Gasteiger partial charge on any atom is 0.333 e. The van der Waals surface area contributed by atoms with Gasteiger partial charge < -0.3 is 4.74 Å². The van der Waals surface area contributed by atoms with Gasteiger partial charge in [-0.3, -0.25) is 0 Å². The highest BCUT2D eigenvalue weighted by molar-refractivity contribution is 5.88. The Morgan fingerprint density at radius 2 is 1.67 bits per heavy atom. The van der Waals surface area contributed by atoms with Gasteiger partial charge in [0.2, 0.25) is 0 Å². The Morgan fingerprint density at radius 1 is 1.06 bits per heavy atom. The fraction of sp³-hybridized carbons (Fsp3) is 0.688. The molecular formula is C16H28O2. The molecule has 0 aromatic carbocycles. The van der Waals surface area contributed by atoms with E-state index in [0.29, 0.717) is 5.57 Å². The molecule has 0 spiro atoms. The van der Waals surface area contributed by atoms with Crippen LogP contribution in [0.15, 0.2) is 23.3 Å². The van der Waals surface area contributed by atoms with E-state index in [1.54, 1.807) is 6.92 Å². The first-order valence-electron chi connectivity index (χ1n) is 7.05. The van der Waals surface area contributed by atoms with Crippen LogP contribution in [0.25, 0.3) is 0 Å². The molecule has 0 aliphatic rings. The lowest BCUT2D eigenvalue weighted by molar-refractivity contribution is -0.136. The molecule has 0 amide bonds. The zero-order valence-corrected chi connectivity index (χ0v) is 12.4. The number of carbonyl (C=O) groups is 1. The summed E-state index contributed by atoms with van der Waals surface area (Å²) in [6, 6.07) is 0. The summed E-state index contributed by atoms with van der Waals surface area (Å²) in [7, 11) is 1.42. The van der Waals surface area contributed by atoms with E-state index in [9.17, 15) is 4.79 Å². The van der Waals surface area contributed by atoms with E-state index >= 15 is 0 Å². The van der Waals surface area contributed by atoms with Crippen LogP contribution in [0.3, 0.4) is 0 Å². The molecule has 0 aromatic rings.